The molecule has 1 unspecified atom stereocenters. The summed E-state index contributed by atoms with van der Waals surface area (Å²) in [6, 6.07) is 5.85. The highest BCUT2D eigenvalue weighted by atomic mass is 79.9. The fourth-order valence-corrected chi connectivity index (χ4v) is 2.02. The minimum absolute atomic E-state index is 0.244. The Bertz CT molecular complexity index is 557. The van der Waals surface area contributed by atoms with E-state index < -0.39 is 6.10 Å². The van der Waals surface area contributed by atoms with E-state index in [0.29, 0.717) is 11.7 Å². The molecular formula is C13H15BrN2O3. The van der Waals surface area contributed by atoms with Crippen LogP contribution in [0, 0.1) is 6.92 Å². The summed E-state index contributed by atoms with van der Waals surface area (Å²) in [7, 11) is 1.53. The third-order valence-electron chi connectivity index (χ3n) is 2.67. The largest absolute Gasteiger partial charge is 0.390 e. The van der Waals surface area contributed by atoms with Gasteiger partial charge in [-0.2, -0.15) is 4.98 Å². The van der Waals surface area contributed by atoms with Gasteiger partial charge in [0.25, 0.3) is 0 Å². The van der Waals surface area contributed by atoms with Gasteiger partial charge in [-0.15, -0.1) is 0 Å². The predicted molar refractivity (Wildman–Crippen MR) is 73.8 cm³/mol. The average molecular weight is 327 g/mol. The quantitative estimate of drug-likeness (QED) is 0.913. The van der Waals surface area contributed by atoms with Crippen molar-refractivity contribution in [2.45, 2.75) is 19.4 Å². The molecule has 0 aliphatic carbocycles. The zero-order chi connectivity index (χ0) is 13.8. The van der Waals surface area contributed by atoms with E-state index >= 15 is 0 Å². The smallest absolute Gasteiger partial charge is 0.229 e. The Morgan fingerprint density at radius 3 is 2.95 bits per heavy atom. The monoisotopic (exact) mass is 326 g/mol. The van der Waals surface area contributed by atoms with Crippen LogP contribution >= 0.6 is 15.9 Å². The van der Waals surface area contributed by atoms with Crippen LogP contribution in [-0.2, 0) is 11.2 Å². The molecule has 0 bridgehead atoms. The molecule has 0 radical (unpaired) electrons. The Hall–Kier alpha value is -1.24. The number of aromatic nitrogens is 2. The second-order valence-corrected chi connectivity index (χ2v) is 5.14. The van der Waals surface area contributed by atoms with Crippen molar-refractivity contribution in [1.29, 1.82) is 0 Å². The van der Waals surface area contributed by atoms with Crippen molar-refractivity contribution in [3.8, 4) is 11.4 Å². The third kappa shape index (κ3) is 3.62. The van der Waals surface area contributed by atoms with E-state index in [9.17, 15) is 5.11 Å². The molecule has 1 aromatic carbocycles. The number of methoxy groups -OCH3 is 1. The molecule has 102 valence electrons. The Labute approximate surface area is 119 Å². The number of benzene rings is 1. The van der Waals surface area contributed by atoms with Crippen LogP contribution in [0.25, 0.3) is 11.4 Å². The van der Waals surface area contributed by atoms with Crippen molar-refractivity contribution >= 4 is 15.9 Å². The van der Waals surface area contributed by atoms with E-state index in [2.05, 4.69) is 26.1 Å². The number of rotatable bonds is 5. The number of nitrogens with zero attached hydrogens (tertiary/aromatic N) is 2. The van der Waals surface area contributed by atoms with Gasteiger partial charge < -0.3 is 14.4 Å². The molecule has 1 N–H and O–H groups in total. The molecule has 0 amide bonds. The Morgan fingerprint density at radius 2 is 2.26 bits per heavy atom. The summed E-state index contributed by atoms with van der Waals surface area (Å²) in [5.74, 6) is 0.913. The number of hydrogen-bond donors (Lipinski definition) is 1. The average Bonchev–Trinajstić information content (AvgIpc) is 2.81. The summed E-state index contributed by atoms with van der Waals surface area (Å²) in [5.41, 5.74) is 2.01. The molecule has 0 aliphatic rings. The zero-order valence-electron chi connectivity index (χ0n) is 10.8. The maximum atomic E-state index is 9.60. The summed E-state index contributed by atoms with van der Waals surface area (Å²) >= 11 is 3.47. The molecule has 0 saturated heterocycles. The van der Waals surface area contributed by atoms with Gasteiger partial charge >= 0.3 is 0 Å². The summed E-state index contributed by atoms with van der Waals surface area (Å²) in [5, 5.41) is 13.5. The van der Waals surface area contributed by atoms with Crippen LogP contribution in [0.2, 0.25) is 0 Å². The molecule has 19 heavy (non-hydrogen) atoms. The minimum atomic E-state index is -0.636. The SMILES string of the molecule is COCC(O)Cc1nc(-c2ccc(C)c(Br)c2)no1. The van der Waals surface area contributed by atoms with Crippen molar-refractivity contribution in [3.63, 3.8) is 0 Å². The van der Waals surface area contributed by atoms with Crippen LogP contribution in [0.5, 0.6) is 0 Å². The second kappa shape index (κ2) is 6.27. The Morgan fingerprint density at radius 1 is 1.47 bits per heavy atom. The first-order chi connectivity index (χ1) is 9.10. The fourth-order valence-electron chi connectivity index (χ4n) is 1.64. The van der Waals surface area contributed by atoms with Gasteiger partial charge in [0.2, 0.25) is 11.7 Å². The maximum Gasteiger partial charge on any atom is 0.229 e. The topological polar surface area (TPSA) is 68.4 Å². The van der Waals surface area contributed by atoms with Crippen molar-refractivity contribution < 1.29 is 14.4 Å². The van der Waals surface area contributed by atoms with Crippen molar-refractivity contribution in [2.75, 3.05) is 13.7 Å². The summed E-state index contributed by atoms with van der Waals surface area (Å²) < 4.78 is 11.0. The minimum Gasteiger partial charge on any atom is -0.390 e. The number of ether oxygens (including phenoxy) is 1. The standard InChI is InChI=1S/C13H15BrN2O3/c1-8-3-4-9(5-11(8)14)13-15-12(19-16-13)6-10(17)7-18-2/h3-5,10,17H,6-7H2,1-2H3. The number of halogens is 1. The molecule has 0 saturated carbocycles. The molecule has 0 aliphatic heterocycles. The molecule has 1 heterocycles. The maximum absolute atomic E-state index is 9.60. The van der Waals surface area contributed by atoms with Crippen LogP contribution in [0.4, 0.5) is 0 Å². The molecule has 1 aromatic heterocycles. The third-order valence-corrected chi connectivity index (χ3v) is 3.52. The van der Waals surface area contributed by atoms with Gasteiger partial charge in [0.1, 0.15) is 0 Å². The number of aryl methyl sites for hydroxylation is 1. The molecule has 1 atom stereocenters. The van der Waals surface area contributed by atoms with E-state index in [1.807, 2.05) is 25.1 Å². The van der Waals surface area contributed by atoms with Crippen LogP contribution in [-0.4, -0.2) is 35.1 Å². The number of aliphatic hydroxyl groups is 1. The number of hydrogen-bond acceptors (Lipinski definition) is 5. The van der Waals surface area contributed by atoms with Gasteiger partial charge in [0, 0.05) is 17.1 Å². The highest BCUT2D eigenvalue weighted by Gasteiger charge is 2.13. The normalized spacial score (nSPS) is 12.6. The Kier molecular flexibility index (Phi) is 4.68. The van der Waals surface area contributed by atoms with Gasteiger partial charge in [-0.1, -0.05) is 33.2 Å². The zero-order valence-corrected chi connectivity index (χ0v) is 12.3. The van der Waals surface area contributed by atoms with Gasteiger partial charge in [0.05, 0.1) is 19.1 Å². The van der Waals surface area contributed by atoms with Crippen LogP contribution in [0.1, 0.15) is 11.5 Å². The van der Waals surface area contributed by atoms with Crippen LogP contribution in [0.15, 0.2) is 27.2 Å². The molecular weight excluding hydrogens is 312 g/mol. The summed E-state index contributed by atoms with van der Waals surface area (Å²) in [6.45, 7) is 2.25. The van der Waals surface area contributed by atoms with Crippen LogP contribution in [0.3, 0.4) is 0 Å². The highest BCUT2D eigenvalue weighted by Crippen LogP contribution is 2.23. The molecule has 2 rings (SSSR count). The lowest BCUT2D eigenvalue weighted by Gasteiger charge is -2.04. The fraction of sp³-hybridized carbons (Fsp3) is 0.385. The first kappa shape index (κ1) is 14.2. The second-order valence-electron chi connectivity index (χ2n) is 4.29. The van der Waals surface area contributed by atoms with E-state index in [-0.39, 0.29) is 13.0 Å². The first-order valence-corrected chi connectivity index (χ1v) is 6.65. The van der Waals surface area contributed by atoms with Gasteiger partial charge in [-0.3, -0.25) is 0 Å². The molecule has 5 nitrogen and oxygen atoms in total. The Balaban J connectivity index is 2.14. The molecule has 0 fully saturated rings. The van der Waals surface area contributed by atoms with Crippen molar-refractivity contribution in [3.05, 3.63) is 34.1 Å². The van der Waals surface area contributed by atoms with Crippen molar-refractivity contribution in [1.82, 2.24) is 10.1 Å². The molecule has 2 aromatic rings. The van der Waals surface area contributed by atoms with E-state index in [1.165, 1.54) is 7.11 Å². The van der Waals surface area contributed by atoms with Crippen molar-refractivity contribution in [2.24, 2.45) is 0 Å². The lowest BCUT2D eigenvalue weighted by molar-refractivity contribution is 0.0599. The van der Waals surface area contributed by atoms with E-state index in [4.69, 9.17) is 9.26 Å². The highest BCUT2D eigenvalue weighted by molar-refractivity contribution is 9.10. The lowest BCUT2D eigenvalue weighted by Crippen LogP contribution is -2.17. The van der Waals surface area contributed by atoms with Crippen LogP contribution < -0.4 is 0 Å². The lowest BCUT2D eigenvalue weighted by atomic mass is 10.1. The summed E-state index contributed by atoms with van der Waals surface area (Å²) in [4.78, 5) is 4.26. The number of aliphatic hydroxyl groups excluding tert-OH is 1. The first-order valence-electron chi connectivity index (χ1n) is 5.86. The van der Waals surface area contributed by atoms with E-state index in [1.54, 1.807) is 0 Å². The van der Waals surface area contributed by atoms with Gasteiger partial charge in [0.15, 0.2) is 0 Å². The van der Waals surface area contributed by atoms with E-state index in [0.717, 1.165) is 15.6 Å². The molecule has 6 heteroatoms. The van der Waals surface area contributed by atoms with Gasteiger partial charge in [-0.05, 0) is 18.6 Å². The predicted octanol–water partition coefficient (Wildman–Crippen LogP) is 2.36. The van der Waals surface area contributed by atoms with Gasteiger partial charge in [-0.25, -0.2) is 0 Å². The molecule has 0 spiro atoms. The summed E-state index contributed by atoms with van der Waals surface area (Å²) in [6.07, 6.45) is -0.350.